The Bertz CT molecular complexity index is 835. The van der Waals surface area contributed by atoms with Crippen molar-refractivity contribution in [3.05, 3.63) is 24.3 Å². The highest BCUT2D eigenvalue weighted by atomic mass is 31.2. The predicted octanol–water partition coefficient (Wildman–Crippen LogP) is 10.0. The summed E-state index contributed by atoms with van der Waals surface area (Å²) in [5.41, 5.74) is 5.32. The van der Waals surface area contributed by atoms with E-state index in [-0.39, 0.29) is 32.6 Å². The van der Waals surface area contributed by atoms with Crippen LogP contribution in [0, 0.1) is 0 Å². The Labute approximate surface area is 287 Å². The van der Waals surface area contributed by atoms with E-state index in [9.17, 15) is 19.0 Å². The predicted molar refractivity (Wildman–Crippen MR) is 192 cm³/mol. The molecule has 0 aliphatic heterocycles. The molecule has 0 rings (SSSR count). The lowest BCUT2D eigenvalue weighted by molar-refractivity contribution is -0.161. The Hall–Kier alpha value is -1.51. The van der Waals surface area contributed by atoms with Gasteiger partial charge in [-0.15, -0.1) is 0 Å². The molecule has 0 aromatic carbocycles. The summed E-state index contributed by atoms with van der Waals surface area (Å²) in [6, 6.07) is 0. The first-order valence-electron chi connectivity index (χ1n) is 18.8. The Kier molecular flexibility index (Phi) is 33.3. The number of nitrogens with two attached hydrogens (primary N) is 1. The zero-order chi connectivity index (χ0) is 34.7. The number of ether oxygens (including phenoxy) is 2. The first kappa shape index (κ1) is 45.5. The smallest absolute Gasteiger partial charge is 0.462 e. The lowest BCUT2D eigenvalue weighted by Gasteiger charge is -2.19. The van der Waals surface area contributed by atoms with E-state index < -0.39 is 32.5 Å². The van der Waals surface area contributed by atoms with Gasteiger partial charge >= 0.3 is 19.8 Å². The first-order chi connectivity index (χ1) is 22.8. The lowest BCUT2D eigenvalue weighted by atomic mass is 10.1. The number of carbonyl (C=O) groups is 2. The van der Waals surface area contributed by atoms with Crippen molar-refractivity contribution >= 4 is 19.8 Å². The molecule has 9 nitrogen and oxygen atoms in total. The summed E-state index contributed by atoms with van der Waals surface area (Å²) in [7, 11) is -4.37. The van der Waals surface area contributed by atoms with E-state index >= 15 is 0 Å². The van der Waals surface area contributed by atoms with Crippen LogP contribution in [0.2, 0.25) is 0 Å². The van der Waals surface area contributed by atoms with Crippen molar-refractivity contribution in [1.29, 1.82) is 0 Å². The second-order valence-electron chi connectivity index (χ2n) is 12.4. The van der Waals surface area contributed by atoms with Gasteiger partial charge in [-0.2, -0.15) is 0 Å². The van der Waals surface area contributed by atoms with E-state index in [0.29, 0.717) is 6.42 Å². The van der Waals surface area contributed by atoms with Gasteiger partial charge in [0, 0.05) is 19.4 Å². The maximum absolute atomic E-state index is 12.5. The van der Waals surface area contributed by atoms with Crippen LogP contribution in [0.3, 0.4) is 0 Å². The van der Waals surface area contributed by atoms with E-state index in [1.54, 1.807) is 0 Å². The van der Waals surface area contributed by atoms with Crippen LogP contribution >= 0.6 is 7.82 Å². The summed E-state index contributed by atoms with van der Waals surface area (Å²) in [6.45, 7) is 3.67. The maximum atomic E-state index is 12.5. The van der Waals surface area contributed by atoms with E-state index in [4.69, 9.17) is 24.3 Å². The largest absolute Gasteiger partial charge is 0.472 e. The van der Waals surface area contributed by atoms with Gasteiger partial charge in [-0.05, 0) is 64.2 Å². The van der Waals surface area contributed by atoms with Gasteiger partial charge in [0.2, 0.25) is 0 Å². The molecular weight excluding hydrogens is 617 g/mol. The summed E-state index contributed by atoms with van der Waals surface area (Å²) in [5.74, 6) is -0.849. The molecule has 0 bridgehead atoms. The fourth-order valence-electron chi connectivity index (χ4n) is 4.97. The molecule has 0 amide bonds. The number of phosphoric ester groups is 1. The van der Waals surface area contributed by atoms with E-state index in [1.165, 1.54) is 64.2 Å². The Morgan fingerprint density at radius 2 is 1.04 bits per heavy atom. The minimum absolute atomic E-state index is 0.0516. The quantitative estimate of drug-likeness (QED) is 0.0289. The monoisotopic (exact) mass is 687 g/mol. The van der Waals surface area contributed by atoms with Crippen LogP contribution in [0.1, 0.15) is 168 Å². The van der Waals surface area contributed by atoms with Gasteiger partial charge in [0.15, 0.2) is 6.10 Å². The number of hydrogen-bond donors (Lipinski definition) is 2. The van der Waals surface area contributed by atoms with Gasteiger partial charge < -0.3 is 20.1 Å². The van der Waals surface area contributed by atoms with Gasteiger partial charge in [-0.1, -0.05) is 115 Å². The number of esters is 2. The molecule has 0 spiro atoms. The molecule has 0 saturated heterocycles. The highest BCUT2D eigenvalue weighted by Crippen LogP contribution is 2.43. The molecule has 0 saturated carbocycles. The van der Waals surface area contributed by atoms with Crippen molar-refractivity contribution in [2.24, 2.45) is 5.73 Å². The third kappa shape index (κ3) is 34.2. The summed E-state index contributed by atoms with van der Waals surface area (Å²) in [4.78, 5) is 34.6. The van der Waals surface area contributed by atoms with Crippen LogP contribution in [-0.4, -0.2) is 49.3 Å². The summed E-state index contributed by atoms with van der Waals surface area (Å²) in [5, 5.41) is 0. The number of carbonyl (C=O) groups excluding carboxylic acids is 2. The number of rotatable bonds is 35. The van der Waals surface area contributed by atoms with Crippen LogP contribution in [0.25, 0.3) is 0 Å². The van der Waals surface area contributed by atoms with E-state index in [1.807, 2.05) is 0 Å². The summed E-state index contributed by atoms with van der Waals surface area (Å²) < 4.78 is 32.6. The SMILES string of the molecule is CCCCCC/C=C\CCCCCCCC(=O)OC[C@@H](COP(=O)(O)OCCN)OC(=O)CCCCCCC/C=C\CCCCCC. The van der Waals surface area contributed by atoms with Crippen molar-refractivity contribution in [1.82, 2.24) is 0 Å². The Morgan fingerprint density at radius 3 is 1.51 bits per heavy atom. The lowest BCUT2D eigenvalue weighted by Crippen LogP contribution is -2.29. The van der Waals surface area contributed by atoms with Crippen LogP contribution < -0.4 is 5.73 Å². The molecule has 0 aromatic heterocycles. The maximum Gasteiger partial charge on any atom is 0.472 e. The van der Waals surface area contributed by atoms with Gasteiger partial charge in [0.05, 0.1) is 13.2 Å². The molecule has 0 aliphatic rings. The fraction of sp³-hybridized carbons (Fsp3) is 0.838. The minimum Gasteiger partial charge on any atom is -0.462 e. The topological polar surface area (TPSA) is 134 Å². The number of unbranched alkanes of at least 4 members (excludes halogenated alkanes) is 18. The molecule has 1 unspecified atom stereocenters. The third-order valence-corrected chi connectivity index (χ3v) is 8.79. The van der Waals surface area contributed by atoms with Crippen LogP contribution in [-0.2, 0) is 32.7 Å². The molecule has 0 aliphatic carbocycles. The Morgan fingerprint density at radius 1 is 0.617 bits per heavy atom. The second kappa shape index (κ2) is 34.4. The van der Waals surface area contributed by atoms with E-state index in [0.717, 1.165) is 70.6 Å². The third-order valence-electron chi connectivity index (χ3n) is 7.81. The molecule has 3 N–H and O–H groups in total. The highest BCUT2D eigenvalue weighted by molar-refractivity contribution is 7.47. The van der Waals surface area contributed by atoms with Crippen LogP contribution in [0.5, 0.6) is 0 Å². The van der Waals surface area contributed by atoms with Crippen molar-refractivity contribution in [3.63, 3.8) is 0 Å². The van der Waals surface area contributed by atoms with Gasteiger partial charge in [-0.3, -0.25) is 18.6 Å². The first-order valence-corrected chi connectivity index (χ1v) is 20.3. The second-order valence-corrected chi connectivity index (χ2v) is 13.9. The fourth-order valence-corrected chi connectivity index (χ4v) is 5.74. The summed E-state index contributed by atoms with van der Waals surface area (Å²) in [6.07, 6.45) is 33.5. The highest BCUT2D eigenvalue weighted by Gasteiger charge is 2.25. The van der Waals surface area contributed by atoms with Crippen molar-refractivity contribution in [3.8, 4) is 0 Å². The number of phosphoric acid groups is 1. The summed E-state index contributed by atoms with van der Waals surface area (Å²) >= 11 is 0. The van der Waals surface area contributed by atoms with Gasteiger partial charge in [-0.25, -0.2) is 4.57 Å². The zero-order valence-electron chi connectivity index (χ0n) is 30.0. The standard InChI is InChI=1S/C37H70NO8P/c1-3-5-7-9-11-13-15-17-19-21-23-25-27-29-36(39)43-33-35(34-45-47(41,42)44-32-31-38)46-37(40)30-28-26-24-22-20-18-16-14-12-10-8-6-4-2/h13-16,35H,3-12,17-34,38H2,1-2H3,(H,41,42)/b15-13-,16-14-/t35-/m0/s1. The average molecular weight is 688 g/mol. The molecular formula is C37H70NO8P. The van der Waals surface area contributed by atoms with Crippen molar-refractivity contribution < 1.29 is 37.6 Å². The van der Waals surface area contributed by atoms with Gasteiger partial charge in [0.25, 0.3) is 0 Å². The Balaban J connectivity index is 4.26. The van der Waals surface area contributed by atoms with Crippen LogP contribution in [0.4, 0.5) is 0 Å². The number of allylic oxidation sites excluding steroid dienone is 4. The molecule has 0 aromatic rings. The van der Waals surface area contributed by atoms with Crippen molar-refractivity contribution in [2.75, 3.05) is 26.4 Å². The van der Waals surface area contributed by atoms with Crippen molar-refractivity contribution in [2.45, 2.75) is 174 Å². The molecule has 2 atom stereocenters. The van der Waals surface area contributed by atoms with Gasteiger partial charge in [0.1, 0.15) is 6.61 Å². The molecule has 276 valence electrons. The van der Waals surface area contributed by atoms with Crippen LogP contribution in [0.15, 0.2) is 24.3 Å². The molecule has 0 fully saturated rings. The average Bonchev–Trinajstić information content (AvgIpc) is 3.05. The molecule has 0 radical (unpaired) electrons. The molecule has 0 heterocycles. The van der Waals surface area contributed by atoms with E-state index in [2.05, 4.69) is 38.2 Å². The minimum atomic E-state index is -4.37. The molecule has 10 heteroatoms. The normalized spacial score (nSPS) is 13.7. The molecule has 47 heavy (non-hydrogen) atoms. The number of hydrogen-bond acceptors (Lipinski definition) is 8. The zero-order valence-corrected chi connectivity index (χ0v) is 30.9.